The fourth-order valence-electron chi connectivity index (χ4n) is 3.48. The highest BCUT2D eigenvalue weighted by Gasteiger charge is 2.73. The zero-order valence-electron chi connectivity index (χ0n) is 11.7. The van der Waals surface area contributed by atoms with Crippen LogP contribution in [0.4, 0.5) is 0 Å². The molecule has 2 aromatic rings. The predicted molar refractivity (Wildman–Crippen MR) is 72.1 cm³/mol. The lowest BCUT2D eigenvalue weighted by atomic mass is 9.75. The average Bonchev–Trinajstić information content (AvgIpc) is 3.00. The summed E-state index contributed by atoms with van der Waals surface area (Å²) in [6.45, 7) is 0. The largest absolute Gasteiger partial charge is 0.619 e. The lowest BCUT2D eigenvalue weighted by Crippen LogP contribution is -2.84. The van der Waals surface area contributed by atoms with Crippen LogP contribution in [0.1, 0.15) is 29.8 Å². The summed E-state index contributed by atoms with van der Waals surface area (Å²) in [6, 6.07) is 9.12. The molecule has 1 aliphatic carbocycles. The molecule has 0 fully saturated rings. The van der Waals surface area contributed by atoms with E-state index in [1.807, 2.05) is 30.3 Å². The topological polar surface area (TPSA) is 127 Å². The van der Waals surface area contributed by atoms with Crippen LogP contribution in [0.25, 0.3) is 0 Å². The van der Waals surface area contributed by atoms with Gasteiger partial charge in [0.2, 0.25) is 11.4 Å². The van der Waals surface area contributed by atoms with E-state index >= 15 is 0 Å². The molecule has 0 amide bonds. The van der Waals surface area contributed by atoms with E-state index in [1.165, 1.54) is 0 Å². The number of rotatable bonds is 1. The van der Waals surface area contributed by atoms with Gasteiger partial charge in [0.25, 0.3) is 11.3 Å². The quantitative estimate of drug-likeness (QED) is 0.504. The smallest absolute Gasteiger partial charge is 0.332 e. The van der Waals surface area contributed by atoms with Gasteiger partial charge in [0, 0.05) is 17.1 Å². The molecule has 4 N–H and O–H groups in total. The normalized spacial score (nSPS) is 30.3. The third-order valence-corrected chi connectivity index (χ3v) is 4.80. The molecule has 0 radical (unpaired) electrons. The van der Waals surface area contributed by atoms with Gasteiger partial charge in [-0.3, -0.25) is 10.4 Å². The zero-order chi connectivity index (χ0) is 15.5. The second-order valence-electron chi connectivity index (χ2n) is 5.90. The summed E-state index contributed by atoms with van der Waals surface area (Å²) in [6.07, 6.45) is 0.582. The first-order valence-electron chi connectivity index (χ1n) is 7.03. The Bertz CT molecular complexity index is 787. The maximum absolute atomic E-state index is 12.8. The van der Waals surface area contributed by atoms with E-state index in [0.717, 1.165) is 10.3 Å². The molecule has 2 heterocycles. The Morgan fingerprint density at radius 3 is 2.73 bits per heavy atom. The Balaban J connectivity index is 1.89. The Hall–Kier alpha value is -2.45. The molecule has 1 aromatic carbocycles. The minimum Gasteiger partial charge on any atom is -0.619 e. The molecule has 8 nitrogen and oxygen atoms in total. The van der Waals surface area contributed by atoms with Crippen molar-refractivity contribution in [3.8, 4) is 0 Å². The highest BCUT2D eigenvalue weighted by atomic mass is 16.8. The number of benzene rings is 1. The van der Waals surface area contributed by atoms with E-state index in [2.05, 4.69) is 15.5 Å². The Morgan fingerprint density at radius 2 is 2.00 bits per heavy atom. The lowest BCUT2D eigenvalue weighted by molar-refractivity contribution is -0.810. The first kappa shape index (κ1) is 13.2. The maximum atomic E-state index is 12.8. The second-order valence-corrected chi connectivity index (χ2v) is 5.90. The van der Waals surface area contributed by atoms with E-state index in [-0.39, 0.29) is 30.7 Å². The monoisotopic (exact) mass is 303 g/mol. The van der Waals surface area contributed by atoms with E-state index in [9.17, 15) is 15.5 Å². The van der Waals surface area contributed by atoms with Crippen LogP contribution in [0.3, 0.4) is 0 Å². The van der Waals surface area contributed by atoms with Gasteiger partial charge < -0.3 is 15.5 Å². The third kappa shape index (κ3) is 1.40. The van der Waals surface area contributed by atoms with Gasteiger partial charge >= 0.3 is 5.66 Å². The minimum absolute atomic E-state index is 0.0452. The molecule has 2 atom stereocenters. The highest BCUT2D eigenvalue weighted by Crippen LogP contribution is 2.45. The van der Waals surface area contributed by atoms with Crippen molar-refractivity contribution in [2.75, 3.05) is 0 Å². The molecule has 1 aromatic heterocycles. The standard InChI is InChI=1S/C14H14N4O4/c15-14-7-6-10-12(16-22-18(10)21)13(14,19)8-11(17(14)20)9-4-2-1-3-5-9/h1-5,19H,6-8,15H2/p+1/t13-,14+/m0/s1. The molecule has 1 aliphatic heterocycles. The van der Waals surface area contributed by atoms with E-state index < -0.39 is 11.3 Å². The van der Waals surface area contributed by atoms with Gasteiger partial charge in [0.1, 0.15) is 0 Å². The number of hydrogen-bond acceptors (Lipinski definition) is 5. The summed E-state index contributed by atoms with van der Waals surface area (Å²) in [5.41, 5.74) is 2.59. The summed E-state index contributed by atoms with van der Waals surface area (Å²) in [5.74, 6) is 0. The first-order valence-corrected chi connectivity index (χ1v) is 7.03. The van der Waals surface area contributed by atoms with Gasteiger partial charge in [0.05, 0.1) is 12.8 Å². The number of hydroxylamine groups is 1. The summed E-state index contributed by atoms with van der Waals surface area (Å²) in [5, 5.41) is 39.2. The van der Waals surface area contributed by atoms with Crippen LogP contribution in [-0.2, 0) is 12.0 Å². The van der Waals surface area contributed by atoms with Crippen LogP contribution in [0.5, 0.6) is 0 Å². The molecule has 8 heteroatoms. The molecule has 0 saturated carbocycles. The van der Waals surface area contributed by atoms with Crippen LogP contribution in [-0.4, -0.2) is 26.4 Å². The van der Waals surface area contributed by atoms with Gasteiger partial charge in [0.15, 0.2) is 0 Å². The third-order valence-electron chi connectivity index (χ3n) is 4.80. The van der Waals surface area contributed by atoms with E-state index in [1.54, 1.807) is 0 Å². The summed E-state index contributed by atoms with van der Waals surface area (Å²) in [7, 11) is 0. The van der Waals surface area contributed by atoms with Crippen molar-refractivity contribution in [3.05, 3.63) is 57.7 Å². The highest BCUT2D eigenvalue weighted by molar-refractivity contribution is 5.98. The molecule has 0 saturated heterocycles. The van der Waals surface area contributed by atoms with Crippen LogP contribution in [0.15, 0.2) is 35.0 Å². The van der Waals surface area contributed by atoms with Crippen molar-refractivity contribution in [2.24, 2.45) is 0 Å². The number of aliphatic hydroxyl groups is 1. The van der Waals surface area contributed by atoms with Crippen LogP contribution in [0, 0.1) is 10.4 Å². The maximum Gasteiger partial charge on any atom is 0.332 e. The van der Waals surface area contributed by atoms with Crippen LogP contribution >= 0.6 is 0 Å². The fraction of sp³-hybridized carbons (Fsp3) is 0.357. The fourth-order valence-corrected chi connectivity index (χ4v) is 3.48. The van der Waals surface area contributed by atoms with E-state index in [4.69, 9.17) is 0 Å². The molecule has 0 unspecified atom stereocenters. The van der Waals surface area contributed by atoms with Crippen molar-refractivity contribution < 1.29 is 25.1 Å². The first-order chi connectivity index (χ1) is 10.5. The lowest BCUT2D eigenvalue weighted by Gasteiger charge is -2.32. The molecule has 114 valence electrons. The number of aromatic nitrogens is 2. The Labute approximate surface area is 125 Å². The number of nitrogens with zero attached hydrogens (tertiary/aromatic N) is 3. The van der Waals surface area contributed by atoms with Crippen LogP contribution < -0.4 is 10.6 Å². The van der Waals surface area contributed by atoms with Gasteiger partial charge in [-0.1, -0.05) is 18.2 Å². The predicted octanol–water partition coefficient (Wildman–Crippen LogP) is -1.22. The SMILES string of the molecule is [NH3+][C@@]12CCc3c(no[n+]3[O-])[C@@]1(O)CC(c1ccccc1)=[N+]2[O-]. The van der Waals surface area contributed by atoms with Gasteiger partial charge in [-0.25, -0.2) is 0 Å². The van der Waals surface area contributed by atoms with E-state index in [0.29, 0.717) is 10.6 Å². The number of quaternary nitrogens is 1. The number of fused-ring (bicyclic) bond motifs is 3. The van der Waals surface area contributed by atoms with Crippen LogP contribution in [0.2, 0.25) is 0 Å². The molecule has 0 spiro atoms. The molecule has 22 heavy (non-hydrogen) atoms. The average molecular weight is 303 g/mol. The van der Waals surface area contributed by atoms with Crippen molar-refractivity contribution in [1.82, 2.24) is 5.16 Å². The van der Waals surface area contributed by atoms with Crippen molar-refractivity contribution in [1.29, 1.82) is 0 Å². The Morgan fingerprint density at radius 1 is 1.27 bits per heavy atom. The zero-order valence-corrected chi connectivity index (χ0v) is 11.7. The van der Waals surface area contributed by atoms with Crippen molar-refractivity contribution in [3.63, 3.8) is 0 Å². The molecular formula is C14H15N4O4+. The summed E-state index contributed by atoms with van der Waals surface area (Å²) >= 11 is 0. The molecular weight excluding hydrogens is 288 g/mol. The molecule has 0 bridgehead atoms. The van der Waals surface area contributed by atoms with Crippen molar-refractivity contribution >= 4 is 5.71 Å². The number of hydrogen-bond donors (Lipinski definition) is 2. The summed E-state index contributed by atoms with van der Waals surface area (Å²) < 4.78 is 5.38. The van der Waals surface area contributed by atoms with Gasteiger partial charge in [-0.2, -0.15) is 0 Å². The second kappa shape index (κ2) is 4.05. The minimum atomic E-state index is -1.63. The Kier molecular flexibility index (Phi) is 2.44. The van der Waals surface area contributed by atoms with Gasteiger partial charge in [-0.05, 0) is 17.0 Å². The molecule has 2 aliphatic rings. The molecule has 4 rings (SSSR count). The van der Waals surface area contributed by atoms with Crippen molar-refractivity contribution in [2.45, 2.75) is 30.5 Å². The van der Waals surface area contributed by atoms with Gasteiger partial charge in [-0.15, -0.1) is 4.74 Å². The summed E-state index contributed by atoms with van der Waals surface area (Å²) in [4.78, 5) is 0.294.